The van der Waals surface area contributed by atoms with Crippen molar-refractivity contribution in [3.63, 3.8) is 0 Å². The molecule has 2 rings (SSSR count). The minimum absolute atomic E-state index is 0.0533. The first kappa shape index (κ1) is 14.5. The molecule has 1 aliphatic heterocycles. The van der Waals surface area contributed by atoms with Crippen LogP contribution in [0.15, 0.2) is 30.3 Å². The van der Waals surface area contributed by atoms with Gasteiger partial charge in [-0.1, -0.05) is 18.2 Å². The van der Waals surface area contributed by atoms with Crippen molar-refractivity contribution in [2.24, 2.45) is 0 Å². The molecule has 0 aliphatic carbocycles. The Kier molecular flexibility index (Phi) is 4.39. The van der Waals surface area contributed by atoms with E-state index in [1.807, 2.05) is 37.3 Å². The van der Waals surface area contributed by atoms with E-state index < -0.39 is 11.5 Å². The van der Waals surface area contributed by atoms with E-state index in [4.69, 9.17) is 5.11 Å². The summed E-state index contributed by atoms with van der Waals surface area (Å²) < 4.78 is 0. The van der Waals surface area contributed by atoms with E-state index in [9.17, 15) is 9.59 Å². The van der Waals surface area contributed by atoms with Gasteiger partial charge in [0.15, 0.2) is 0 Å². The van der Waals surface area contributed by atoms with Crippen molar-refractivity contribution < 1.29 is 14.7 Å². The summed E-state index contributed by atoms with van der Waals surface area (Å²) in [5.74, 6) is -0.953. The van der Waals surface area contributed by atoms with E-state index >= 15 is 0 Å². The lowest BCUT2D eigenvalue weighted by Crippen LogP contribution is -2.53. The highest BCUT2D eigenvalue weighted by Crippen LogP contribution is 2.25. The number of aliphatic carboxylic acids is 1. The third-order valence-corrected chi connectivity index (χ3v) is 3.70. The molecule has 2 N–H and O–H groups in total. The average Bonchev–Trinajstić information content (AvgIpc) is 2.88. The number of hydrogen-bond donors (Lipinski definition) is 2. The molecule has 1 fully saturated rings. The summed E-state index contributed by atoms with van der Waals surface area (Å²) >= 11 is 0. The van der Waals surface area contributed by atoms with Crippen LogP contribution >= 0.6 is 0 Å². The molecular formula is C15H20N2O3. The van der Waals surface area contributed by atoms with Crippen LogP contribution in [-0.4, -0.2) is 35.6 Å². The maximum absolute atomic E-state index is 12.8. The molecule has 0 bridgehead atoms. The van der Waals surface area contributed by atoms with E-state index in [1.54, 1.807) is 4.90 Å². The summed E-state index contributed by atoms with van der Waals surface area (Å²) in [6.45, 7) is 2.90. The van der Waals surface area contributed by atoms with Crippen LogP contribution in [0.1, 0.15) is 26.2 Å². The van der Waals surface area contributed by atoms with Crippen molar-refractivity contribution in [1.82, 2.24) is 5.32 Å². The third-order valence-electron chi connectivity index (χ3n) is 3.70. The lowest BCUT2D eigenvalue weighted by Gasteiger charge is -2.31. The Balaban J connectivity index is 2.22. The molecule has 20 heavy (non-hydrogen) atoms. The average molecular weight is 276 g/mol. The van der Waals surface area contributed by atoms with Gasteiger partial charge in [-0.2, -0.15) is 0 Å². The van der Waals surface area contributed by atoms with E-state index in [0.29, 0.717) is 0 Å². The van der Waals surface area contributed by atoms with Gasteiger partial charge >= 0.3 is 5.97 Å². The summed E-state index contributed by atoms with van der Waals surface area (Å²) in [5, 5.41) is 12.1. The van der Waals surface area contributed by atoms with Gasteiger partial charge in [-0.25, -0.2) is 0 Å². The maximum Gasteiger partial charge on any atom is 0.305 e. The fourth-order valence-corrected chi connectivity index (χ4v) is 2.54. The van der Waals surface area contributed by atoms with Gasteiger partial charge in [0.1, 0.15) is 0 Å². The predicted octanol–water partition coefficient (Wildman–Crippen LogP) is 1.64. The minimum Gasteiger partial charge on any atom is -0.481 e. The van der Waals surface area contributed by atoms with Crippen molar-refractivity contribution in [2.45, 2.75) is 31.7 Å². The van der Waals surface area contributed by atoms with Gasteiger partial charge in [0.2, 0.25) is 5.91 Å². The molecule has 5 nitrogen and oxygen atoms in total. The molecule has 5 heteroatoms. The molecule has 1 aromatic carbocycles. The van der Waals surface area contributed by atoms with E-state index in [-0.39, 0.29) is 18.9 Å². The molecule has 1 amide bonds. The summed E-state index contributed by atoms with van der Waals surface area (Å²) in [6, 6.07) is 9.23. The highest BCUT2D eigenvalue weighted by molar-refractivity contribution is 6.00. The molecule has 1 aliphatic rings. The smallest absolute Gasteiger partial charge is 0.305 e. The quantitative estimate of drug-likeness (QED) is 0.857. The topological polar surface area (TPSA) is 69.6 Å². The molecule has 0 saturated carbocycles. The van der Waals surface area contributed by atoms with Crippen LogP contribution in [0.2, 0.25) is 0 Å². The number of nitrogens with one attached hydrogen (secondary N) is 1. The highest BCUT2D eigenvalue weighted by atomic mass is 16.4. The monoisotopic (exact) mass is 276 g/mol. The number of para-hydroxylation sites is 1. The van der Waals surface area contributed by atoms with E-state index in [2.05, 4.69) is 5.32 Å². The predicted molar refractivity (Wildman–Crippen MR) is 76.7 cm³/mol. The van der Waals surface area contributed by atoms with Gasteiger partial charge in [0.25, 0.3) is 0 Å². The maximum atomic E-state index is 12.8. The zero-order valence-corrected chi connectivity index (χ0v) is 11.6. The molecule has 1 aromatic rings. The molecular weight excluding hydrogens is 256 g/mol. The van der Waals surface area contributed by atoms with Gasteiger partial charge in [0.05, 0.1) is 12.0 Å². The van der Waals surface area contributed by atoms with Crippen molar-refractivity contribution in [1.29, 1.82) is 0 Å². The molecule has 1 saturated heterocycles. The van der Waals surface area contributed by atoms with Gasteiger partial charge < -0.3 is 15.3 Å². The number of carbonyl (C=O) groups excluding carboxylic acids is 1. The zero-order chi connectivity index (χ0) is 14.6. The SMILES string of the molecule is CC1(C(=O)N(CCC(=O)O)c2ccccc2)CCCN1. The fraction of sp³-hybridized carbons (Fsp3) is 0.467. The van der Waals surface area contributed by atoms with Gasteiger partial charge in [-0.05, 0) is 38.4 Å². The molecule has 108 valence electrons. The second kappa shape index (κ2) is 6.05. The Labute approximate surface area is 118 Å². The van der Waals surface area contributed by atoms with Crippen LogP contribution < -0.4 is 10.2 Å². The number of hydrogen-bond acceptors (Lipinski definition) is 3. The summed E-state index contributed by atoms with van der Waals surface area (Å²) in [4.78, 5) is 25.1. The number of carbonyl (C=O) groups is 2. The number of anilines is 1. The standard InChI is InChI=1S/C15H20N2O3/c1-15(9-5-10-16-15)14(20)17(11-8-13(18)19)12-6-3-2-4-7-12/h2-4,6-7,16H,5,8-11H2,1H3,(H,18,19). The fourth-order valence-electron chi connectivity index (χ4n) is 2.54. The number of rotatable bonds is 5. The van der Waals surface area contributed by atoms with Gasteiger partial charge in [-0.3, -0.25) is 9.59 Å². The summed E-state index contributed by atoms with van der Waals surface area (Å²) in [7, 11) is 0. The van der Waals surface area contributed by atoms with Crippen molar-refractivity contribution >= 4 is 17.6 Å². The summed E-state index contributed by atoms with van der Waals surface area (Å²) in [6.07, 6.45) is 1.68. The van der Waals surface area contributed by atoms with E-state index in [1.165, 1.54) is 0 Å². The first-order valence-electron chi connectivity index (χ1n) is 6.87. The van der Waals surface area contributed by atoms with Crippen molar-refractivity contribution in [3.05, 3.63) is 30.3 Å². The lowest BCUT2D eigenvalue weighted by molar-refractivity contribution is -0.136. The Hall–Kier alpha value is -1.88. The van der Waals surface area contributed by atoms with Gasteiger partial charge in [-0.15, -0.1) is 0 Å². The van der Waals surface area contributed by atoms with Gasteiger partial charge in [0, 0.05) is 12.2 Å². The number of amides is 1. The lowest BCUT2D eigenvalue weighted by atomic mass is 9.98. The second-order valence-electron chi connectivity index (χ2n) is 5.30. The normalized spacial score (nSPS) is 21.6. The summed E-state index contributed by atoms with van der Waals surface area (Å²) in [5.41, 5.74) is 0.155. The molecule has 1 atom stereocenters. The number of carboxylic acid groups (broad SMARTS) is 1. The van der Waals surface area contributed by atoms with E-state index in [0.717, 1.165) is 25.1 Å². The van der Waals surface area contributed by atoms with Crippen LogP contribution in [0.4, 0.5) is 5.69 Å². The third kappa shape index (κ3) is 3.17. The first-order chi connectivity index (χ1) is 9.53. The molecule has 0 aromatic heterocycles. The zero-order valence-electron chi connectivity index (χ0n) is 11.6. The largest absolute Gasteiger partial charge is 0.481 e. The Morgan fingerprint density at radius 1 is 1.35 bits per heavy atom. The Bertz CT molecular complexity index is 481. The second-order valence-corrected chi connectivity index (χ2v) is 5.30. The Morgan fingerprint density at radius 3 is 2.60 bits per heavy atom. The first-order valence-corrected chi connectivity index (χ1v) is 6.87. The minimum atomic E-state index is -0.900. The molecule has 1 unspecified atom stereocenters. The Morgan fingerprint density at radius 2 is 2.05 bits per heavy atom. The van der Waals surface area contributed by atoms with Crippen molar-refractivity contribution in [2.75, 3.05) is 18.0 Å². The number of nitrogens with zero attached hydrogens (tertiary/aromatic N) is 1. The van der Waals surface area contributed by atoms with Crippen LogP contribution in [0.25, 0.3) is 0 Å². The number of carboxylic acids is 1. The molecule has 1 heterocycles. The molecule has 0 spiro atoms. The van der Waals surface area contributed by atoms with Crippen LogP contribution in [0.5, 0.6) is 0 Å². The van der Waals surface area contributed by atoms with Crippen molar-refractivity contribution in [3.8, 4) is 0 Å². The highest BCUT2D eigenvalue weighted by Gasteiger charge is 2.39. The number of benzene rings is 1. The van der Waals surface area contributed by atoms with Crippen LogP contribution in [0.3, 0.4) is 0 Å². The molecule has 0 radical (unpaired) electrons. The van der Waals surface area contributed by atoms with Crippen LogP contribution in [0, 0.1) is 0 Å². The van der Waals surface area contributed by atoms with Crippen LogP contribution in [-0.2, 0) is 9.59 Å².